The SMILES string of the molecule is COC(=O)C1C=C(C)C1. The zero-order valence-electron chi connectivity index (χ0n) is 5.68. The molecule has 0 radical (unpaired) electrons. The van der Waals surface area contributed by atoms with Gasteiger partial charge in [0.05, 0.1) is 13.0 Å². The molecule has 1 aliphatic rings. The first kappa shape index (κ1) is 6.33. The summed E-state index contributed by atoms with van der Waals surface area (Å²) in [6.45, 7) is 2.01. The predicted molar refractivity (Wildman–Crippen MR) is 33.9 cm³/mol. The van der Waals surface area contributed by atoms with E-state index >= 15 is 0 Å². The Morgan fingerprint density at radius 1 is 1.89 bits per heavy atom. The highest BCUT2D eigenvalue weighted by atomic mass is 16.5. The average Bonchev–Trinajstić information content (AvgIpc) is 1.79. The van der Waals surface area contributed by atoms with Gasteiger partial charge in [-0.2, -0.15) is 0 Å². The lowest BCUT2D eigenvalue weighted by molar-refractivity contribution is -0.144. The average molecular weight is 126 g/mol. The smallest absolute Gasteiger partial charge is 0.312 e. The van der Waals surface area contributed by atoms with Crippen molar-refractivity contribution in [1.82, 2.24) is 0 Å². The van der Waals surface area contributed by atoms with Crippen molar-refractivity contribution in [2.75, 3.05) is 7.11 Å². The van der Waals surface area contributed by atoms with Crippen LogP contribution in [0.3, 0.4) is 0 Å². The maximum atomic E-state index is 10.7. The minimum absolute atomic E-state index is 0.0509. The third-order valence-corrected chi connectivity index (χ3v) is 1.53. The van der Waals surface area contributed by atoms with Crippen LogP contribution in [-0.4, -0.2) is 13.1 Å². The molecule has 50 valence electrons. The molecule has 2 heteroatoms. The second-order valence-corrected chi connectivity index (χ2v) is 2.35. The highest BCUT2D eigenvalue weighted by Gasteiger charge is 2.23. The van der Waals surface area contributed by atoms with Crippen LogP contribution in [0, 0.1) is 5.92 Å². The predicted octanol–water partition coefficient (Wildman–Crippen LogP) is 1.13. The summed E-state index contributed by atoms with van der Waals surface area (Å²) < 4.78 is 4.52. The van der Waals surface area contributed by atoms with Crippen molar-refractivity contribution in [3.8, 4) is 0 Å². The summed E-state index contributed by atoms with van der Waals surface area (Å²) in [5, 5.41) is 0. The molecule has 1 aliphatic carbocycles. The third kappa shape index (κ3) is 1.12. The Morgan fingerprint density at radius 2 is 2.44 bits per heavy atom. The minimum Gasteiger partial charge on any atom is -0.469 e. The second kappa shape index (κ2) is 2.21. The van der Waals surface area contributed by atoms with Crippen molar-refractivity contribution in [2.24, 2.45) is 5.92 Å². The van der Waals surface area contributed by atoms with Gasteiger partial charge in [-0.15, -0.1) is 0 Å². The van der Waals surface area contributed by atoms with Crippen LogP contribution in [0.25, 0.3) is 0 Å². The Hall–Kier alpha value is -0.790. The van der Waals surface area contributed by atoms with Crippen molar-refractivity contribution in [3.05, 3.63) is 11.6 Å². The first-order chi connectivity index (χ1) is 4.24. The molecule has 0 fully saturated rings. The molecular formula is C7H10O2. The minimum atomic E-state index is -0.111. The number of carbonyl (C=O) groups is 1. The van der Waals surface area contributed by atoms with Crippen LogP contribution >= 0.6 is 0 Å². The number of methoxy groups -OCH3 is 1. The number of hydrogen-bond acceptors (Lipinski definition) is 2. The Morgan fingerprint density at radius 3 is 2.78 bits per heavy atom. The lowest BCUT2D eigenvalue weighted by Crippen LogP contribution is -2.20. The molecule has 0 aromatic rings. The molecule has 1 atom stereocenters. The normalized spacial score (nSPS) is 24.2. The van der Waals surface area contributed by atoms with Crippen LogP contribution in [0.4, 0.5) is 0 Å². The molecule has 0 aliphatic heterocycles. The molecule has 0 bridgehead atoms. The molecule has 0 amide bonds. The zero-order valence-corrected chi connectivity index (χ0v) is 5.68. The van der Waals surface area contributed by atoms with Gasteiger partial charge in [-0.3, -0.25) is 4.79 Å². The Kier molecular flexibility index (Phi) is 1.56. The lowest BCUT2D eigenvalue weighted by atomic mass is 9.88. The molecule has 9 heavy (non-hydrogen) atoms. The number of rotatable bonds is 1. The standard InChI is InChI=1S/C7H10O2/c1-5-3-6(4-5)7(8)9-2/h3,6H,4H2,1-2H3. The number of esters is 1. The summed E-state index contributed by atoms with van der Waals surface area (Å²) in [5.74, 6) is -0.0596. The van der Waals surface area contributed by atoms with E-state index in [1.165, 1.54) is 12.7 Å². The van der Waals surface area contributed by atoms with Gasteiger partial charge in [-0.25, -0.2) is 0 Å². The fourth-order valence-electron chi connectivity index (χ4n) is 0.960. The molecule has 0 aromatic heterocycles. The first-order valence-electron chi connectivity index (χ1n) is 2.99. The summed E-state index contributed by atoms with van der Waals surface area (Å²) in [7, 11) is 1.42. The first-order valence-corrected chi connectivity index (χ1v) is 2.99. The molecular weight excluding hydrogens is 116 g/mol. The summed E-state index contributed by atoms with van der Waals surface area (Å²) in [6.07, 6.45) is 2.82. The summed E-state index contributed by atoms with van der Waals surface area (Å²) in [6, 6.07) is 0. The van der Waals surface area contributed by atoms with E-state index in [9.17, 15) is 4.79 Å². The van der Waals surface area contributed by atoms with Gasteiger partial charge in [0, 0.05) is 0 Å². The quantitative estimate of drug-likeness (QED) is 0.389. The highest BCUT2D eigenvalue weighted by Crippen LogP contribution is 2.25. The van der Waals surface area contributed by atoms with Gasteiger partial charge in [-0.1, -0.05) is 11.6 Å². The van der Waals surface area contributed by atoms with Gasteiger partial charge in [0.2, 0.25) is 0 Å². The van der Waals surface area contributed by atoms with Crippen LogP contribution in [0.5, 0.6) is 0 Å². The molecule has 0 N–H and O–H groups in total. The fourth-order valence-corrected chi connectivity index (χ4v) is 0.960. The molecule has 0 heterocycles. The van der Waals surface area contributed by atoms with Gasteiger partial charge in [-0.05, 0) is 13.3 Å². The molecule has 0 aromatic carbocycles. The topological polar surface area (TPSA) is 26.3 Å². The van der Waals surface area contributed by atoms with E-state index in [4.69, 9.17) is 0 Å². The Labute approximate surface area is 54.5 Å². The van der Waals surface area contributed by atoms with Gasteiger partial charge in [0.25, 0.3) is 0 Å². The van der Waals surface area contributed by atoms with Gasteiger partial charge >= 0.3 is 5.97 Å². The van der Waals surface area contributed by atoms with Crippen molar-refractivity contribution in [3.63, 3.8) is 0 Å². The number of hydrogen-bond donors (Lipinski definition) is 0. The Bertz CT molecular complexity index is 158. The zero-order chi connectivity index (χ0) is 6.85. The van der Waals surface area contributed by atoms with E-state index in [1.54, 1.807) is 0 Å². The van der Waals surface area contributed by atoms with Gasteiger partial charge < -0.3 is 4.74 Å². The van der Waals surface area contributed by atoms with E-state index in [0.29, 0.717) is 0 Å². The summed E-state index contributed by atoms with van der Waals surface area (Å²) >= 11 is 0. The maximum Gasteiger partial charge on any atom is 0.312 e. The second-order valence-electron chi connectivity index (χ2n) is 2.35. The summed E-state index contributed by atoms with van der Waals surface area (Å²) in [4.78, 5) is 10.7. The van der Waals surface area contributed by atoms with E-state index in [2.05, 4.69) is 4.74 Å². The van der Waals surface area contributed by atoms with Crippen molar-refractivity contribution in [1.29, 1.82) is 0 Å². The van der Waals surface area contributed by atoms with E-state index in [0.717, 1.165) is 6.42 Å². The number of allylic oxidation sites excluding steroid dienone is 1. The van der Waals surface area contributed by atoms with Crippen LogP contribution in [0.15, 0.2) is 11.6 Å². The van der Waals surface area contributed by atoms with Crippen molar-refractivity contribution < 1.29 is 9.53 Å². The molecule has 0 spiro atoms. The fraction of sp³-hybridized carbons (Fsp3) is 0.571. The molecule has 2 nitrogen and oxygen atoms in total. The molecule has 0 saturated carbocycles. The molecule has 1 rings (SSSR count). The van der Waals surface area contributed by atoms with Gasteiger partial charge in [0.1, 0.15) is 0 Å². The lowest BCUT2D eigenvalue weighted by Gasteiger charge is -2.19. The third-order valence-electron chi connectivity index (χ3n) is 1.53. The molecule has 1 unspecified atom stereocenters. The van der Waals surface area contributed by atoms with Crippen LogP contribution < -0.4 is 0 Å². The van der Waals surface area contributed by atoms with E-state index in [-0.39, 0.29) is 11.9 Å². The Balaban J connectivity index is 2.42. The maximum absolute atomic E-state index is 10.7. The van der Waals surface area contributed by atoms with E-state index < -0.39 is 0 Å². The van der Waals surface area contributed by atoms with Crippen LogP contribution in [-0.2, 0) is 9.53 Å². The van der Waals surface area contributed by atoms with Crippen LogP contribution in [0.2, 0.25) is 0 Å². The van der Waals surface area contributed by atoms with Crippen molar-refractivity contribution >= 4 is 5.97 Å². The van der Waals surface area contributed by atoms with E-state index in [1.807, 2.05) is 13.0 Å². The molecule has 0 saturated heterocycles. The summed E-state index contributed by atoms with van der Waals surface area (Å²) in [5.41, 5.74) is 1.28. The number of ether oxygens (including phenoxy) is 1. The van der Waals surface area contributed by atoms with Crippen LogP contribution in [0.1, 0.15) is 13.3 Å². The number of carbonyl (C=O) groups excluding carboxylic acids is 1. The van der Waals surface area contributed by atoms with Crippen molar-refractivity contribution in [2.45, 2.75) is 13.3 Å². The largest absolute Gasteiger partial charge is 0.469 e. The monoisotopic (exact) mass is 126 g/mol. The van der Waals surface area contributed by atoms with Gasteiger partial charge in [0.15, 0.2) is 0 Å². The highest BCUT2D eigenvalue weighted by molar-refractivity contribution is 5.76.